The predicted molar refractivity (Wildman–Crippen MR) is 242 cm³/mol. The number of Topliss-reactive ketones (excluding diaryl/α,β-unsaturated/α-hetero) is 1. The van der Waals surface area contributed by atoms with Crippen LogP contribution in [0.25, 0.3) is 0 Å². The first kappa shape index (κ1) is 49.2. The van der Waals surface area contributed by atoms with Crippen LogP contribution in [-0.4, -0.2) is 97.6 Å². The molecule has 0 amide bonds. The summed E-state index contributed by atoms with van der Waals surface area (Å²) >= 11 is 5.89. The van der Waals surface area contributed by atoms with E-state index in [9.17, 15) is 24.9 Å². The number of aliphatic carboxylic acids is 1. The van der Waals surface area contributed by atoms with Gasteiger partial charge in [0.2, 0.25) is 0 Å². The van der Waals surface area contributed by atoms with Crippen LogP contribution in [-0.2, 0) is 33.3 Å². The summed E-state index contributed by atoms with van der Waals surface area (Å²) in [7, 11) is 0. The Bertz CT molecular complexity index is 1710. The average Bonchev–Trinajstić information content (AvgIpc) is 3.59. The molecule has 0 saturated carbocycles. The summed E-state index contributed by atoms with van der Waals surface area (Å²) in [5.41, 5.74) is -0.721. The van der Waals surface area contributed by atoms with E-state index in [0.29, 0.717) is 69.3 Å². The van der Waals surface area contributed by atoms with Crippen molar-refractivity contribution in [2.24, 2.45) is 41.4 Å². The Balaban J connectivity index is 1.23. The molecule has 350 valence electrons. The minimum Gasteiger partial charge on any atom is -0.481 e. The number of carboxylic acids is 1. The fourth-order valence-electron chi connectivity index (χ4n) is 11.9. The molecular weight excluding hydrogens is 809 g/mol. The molecule has 0 aliphatic carbocycles. The Kier molecular flexibility index (Phi) is 15.6. The lowest BCUT2D eigenvalue weighted by Gasteiger charge is -2.57. The van der Waals surface area contributed by atoms with Crippen LogP contribution in [0.5, 0.6) is 0 Å². The van der Waals surface area contributed by atoms with Crippen LogP contribution in [0.3, 0.4) is 0 Å². The first-order valence-electron chi connectivity index (χ1n) is 23.9. The summed E-state index contributed by atoms with van der Waals surface area (Å²) < 4.78 is 35.1. The number of carbonyl (C=O) groups excluding carboxylic acids is 1. The number of carboxylic acid groups (broad SMARTS) is 1. The van der Waals surface area contributed by atoms with Crippen molar-refractivity contribution in [2.45, 2.75) is 212 Å². The number of hydrogen-bond acceptors (Lipinski definition) is 10. The Labute approximate surface area is 376 Å². The molecule has 0 unspecified atom stereocenters. The van der Waals surface area contributed by atoms with Crippen LogP contribution in [0.1, 0.15) is 146 Å². The third-order valence-electron chi connectivity index (χ3n) is 16.2. The van der Waals surface area contributed by atoms with E-state index in [1.54, 1.807) is 0 Å². The van der Waals surface area contributed by atoms with E-state index in [1.807, 2.05) is 71.9 Å². The van der Waals surface area contributed by atoms with Crippen LogP contribution < -0.4 is 10.6 Å². The van der Waals surface area contributed by atoms with E-state index in [1.165, 1.54) is 0 Å². The number of para-hydroxylation sites is 1. The molecule has 62 heavy (non-hydrogen) atoms. The lowest BCUT2D eigenvalue weighted by atomic mass is 9.72. The molecule has 0 aromatic heterocycles. The zero-order valence-corrected chi connectivity index (χ0v) is 39.9. The fraction of sp³-hybridized carbons (Fsp3) is 0.816. The third kappa shape index (κ3) is 9.81. The molecular formula is C49H78N2O10S. The second kappa shape index (κ2) is 19.7. The van der Waals surface area contributed by atoms with Crippen molar-refractivity contribution in [3.63, 3.8) is 0 Å². The first-order valence-corrected chi connectivity index (χ1v) is 24.3. The minimum atomic E-state index is -1.14. The van der Waals surface area contributed by atoms with Gasteiger partial charge >= 0.3 is 5.97 Å². The molecule has 6 rings (SSSR count). The van der Waals surface area contributed by atoms with E-state index in [-0.39, 0.29) is 53.8 Å². The molecule has 5 N–H and O–H groups in total. The molecule has 5 aliphatic rings. The van der Waals surface area contributed by atoms with Crippen molar-refractivity contribution >= 4 is 34.8 Å². The van der Waals surface area contributed by atoms with Gasteiger partial charge in [-0.3, -0.25) is 9.59 Å². The van der Waals surface area contributed by atoms with Crippen molar-refractivity contribution in [1.82, 2.24) is 5.32 Å². The maximum absolute atomic E-state index is 14.7. The van der Waals surface area contributed by atoms with E-state index in [4.69, 9.17) is 35.9 Å². The molecule has 5 aliphatic heterocycles. The van der Waals surface area contributed by atoms with Crippen molar-refractivity contribution < 1.29 is 48.6 Å². The van der Waals surface area contributed by atoms with Crippen LogP contribution >= 0.6 is 12.2 Å². The van der Waals surface area contributed by atoms with Gasteiger partial charge in [0.15, 0.2) is 16.7 Å². The summed E-state index contributed by atoms with van der Waals surface area (Å²) in [5.74, 6) is -5.18. The molecule has 5 saturated heterocycles. The molecule has 12 nitrogen and oxygen atoms in total. The molecule has 2 spiro atoms. The summed E-state index contributed by atoms with van der Waals surface area (Å²) in [6.45, 7) is 20.1. The van der Waals surface area contributed by atoms with Crippen LogP contribution in [0.4, 0.5) is 5.69 Å². The van der Waals surface area contributed by atoms with Gasteiger partial charge < -0.3 is 49.6 Å². The van der Waals surface area contributed by atoms with Crippen molar-refractivity contribution in [2.75, 3.05) is 5.32 Å². The molecule has 0 radical (unpaired) electrons. The number of aliphatic hydroxyl groups is 2. The molecule has 1 aromatic rings. The van der Waals surface area contributed by atoms with Gasteiger partial charge in [-0.2, -0.15) is 0 Å². The third-order valence-corrected chi connectivity index (χ3v) is 16.4. The summed E-state index contributed by atoms with van der Waals surface area (Å²) in [4.78, 5) is 26.8. The van der Waals surface area contributed by atoms with E-state index in [0.717, 1.165) is 18.5 Å². The monoisotopic (exact) mass is 887 g/mol. The predicted octanol–water partition coefficient (Wildman–Crippen LogP) is 8.41. The SMILES string of the molecule is CC[C@@H](C(=O)[C@@H](C)[C@@H](O)[C@H](C)[C@@H]1O[C@@H]([C@@H](CC)C(=O)O)CC[C@@H]1C)[C@H]1O[C@]2(CC[C@H](NC(=S)Nc3ccccc3)[C@]3(CC[C@@](C)([C@H]4CC[C@](O)(CC)[C@H](C)O4)O3)O2)[C@H](C)C[C@@H]1C. The number of nitrogens with one attached hydrogen (secondary N) is 2. The van der Waals surface area contributed by atoms with Gasteiger partial charge in [-0.15, -0.1) is 0 Å². The van der Waals surface area contributed by atoms with Gasteiger partial charge in [0.25, 0.3) is 0 Å². The average molecular weight is 887 g/mol. The molecule has 18 atom stereocenters. The van der Waals surface area contributed by atoms with Crippen LogP contribution in [0.15, 0.2) is 30.3 Å². The second-order valence-corrected chi connectivity index (χ2v) is 20.7. The first-order chi connectivity index (χ1) is 29.3. The molecule has 5 heterocycles. The van der Waals surface area contributed by atoms with Crippen LogP contribution in [0, 0.1) is 41.4 Å². The number of ketones is 1. The lowest BCUT2D eigenvalue weighted by molar-refractivity contribution is -0.429. The number of hydrogen-bond donors (Lipinski definition) is 5. The highest BCUT2D eigenvalue weighted by atomic mass is 32.1. The standard InChI is InChI=1S/C49H78N2O10S/c1-11-35(44(54)55)37-20-19-28(4)42(58-37)32(8)40(52)31(7)41(53)36(12-2)43-29(5)27-30(6)48(59-43)24-21-38(51-45(62)50-34-17-15-14-16-18-34)49(61-48)26-25-46(10,60-49)39-22-23-47(56,13-3)33(9)57-39/h14-18,28-33,35-40,42-43,52,56H,11-13,19-27H2,1-10H3,(H,54,55)(H2,50,51,62)/t28-,29-,30+,31-,32-,33-,35+,36-,37+,38-,39+,40+,42+,43-,46-,47+,48-,49-/m0/s1. The van der Waals surface area contributed by atoms with Crippen molar-refractivity contribution in [3.8, 4) is 0 Å². The maximum Gasteiger partial charge on any atom is 0.309 e. The summed E-state index contributed by atoms with van der Waals surface area (Å²) in [6, 6.07) is 9.48. The topological polar surface area (TPSA) is 165 Å². The molecule has 5 fully saturated rings. The molecule has 13 heteroatoms. The maximum atomic E-state index is 14.7. The van der Waals surface area contributed by atoms with Gasteiger partial charge in [0.05, 0.1) is 59.8 Å². The van der Waals surface area contributed by atoms with Crippen LogP contribution in [0.2, 0.25) is 0 Å². The number of aliphatic hydroxyl groups excluding tert-OH is 1. The van der Waals surface area contributed by atoms with E-state index < -0.39 is 64.8 Å². The van der Waals surface area contributed by atoms with Gasteiger partial charge in [-0.1, -0.05) is 73.6 Å². The number of benzene rings is 1. The Morgan fingerprint density at radius 1 is 0.855 bits per heavy atom. The smallest absolute Gasteiger partial charge is 0.309 e. The van der Waals surface area contributed by atoms with Gasteiger partial charge in [0, 0.05) is 42.2 Å². The highest BCUT2D eigenvalue weighted by Crippen LogP contribution is 2.56. The largest absolute Gasteiger partial charge is 0.481 e. The van der Waals surface area contributed by atoms with Gasteiger partial charge in [-0.25, -0.2) is 0 Å². The van der Waals surface area contributed by atoms with Crippen molar-refractivity contribution in [1.29, 1.82) is 0 Å². The second-order valence-electron chi connectivity index (χ2n) is 20.3. The van der Waals surface area contributed by atoms with Gasteiger partial charge in [-0.05, 0) is 114 Å². The van der Waals surface area contributed by atoms with Gasteiger partial charge in [0.1, 0.15) is 5.78 Å². The highest BCUT2D eigenvalue weighted by molar-refractivity contribution is 7.80. The fourth-order valence-corrected chi connectivity index (χ4v) is 12.2. The normalized spacial score (nSPS) is 41.2. The zero-order chi connectivity index (χ0) is 45.4. The number of anilines is 1. The highest BCUT2D eigenvalue weighted by Gasteiger charge is 2.65. The Morgan fingerprint density at radius 3 is 2.18 bits per heavy atom. The molecule has 0 bridgehead atoms. The number of ether oxygens (including phenoxy) is 5. The Morgan fingerprint density at radius 2 is 1.55 bits per heavy atom. The summed E-state index contributed by atoms with van der Waals surface area (Å²) in [5, 5.41) is 40.4. The lowest BCUT2D eigenvalue weighted by Crippen LogP contribution is -2.68. The number of rotatable bonds is 14. The Hall–Kier alpha value is -2.23. The quantitative estimate of drug-likeness (QED) is 0.113. The minimum absolute atomic E-state index is 0.0202. The number of thiocarbonyl (C=S) groups is 1. The number of carbonyl (C=O) groups is 2. The zero-order valence-electron chi connectivity index (χ0n) is 39.1. The molecule has 1 aromatic carbocycles. The van der Waals surface area contributed by atoms with Crippen molar-refractivity contribution in [3.05, 3.63) is 30.3 Å². The summed E-state index contributed by atoms with van der Waals surface area (Å²) in [6.07, 6.45) is 4.67. The van der Waals surface area contributed by atoms with E-state index in [2.05, 4.69) is 38.3 Å². The van der Waals surface area contributed by atoms with E-state index >= 15 is 0 Å².